The van der Waals surface area contributed by atoms with Crippen molar-refractivity contribution < 1.29 is 4.74 Å². The van der Waals surface area contributed by atoms with Gasteiger partial charge < -0.3 is 10.5 Å². The molecule has 2 N–H and O–H groups in total. The molecule has 0 bridgehead atoms. The molecule has 0 aliphatic heterocycles. The van der Waals surface area contributed by atoms with E-state index in [4.69, 9.17) is 10.5 Å². The molecule has 2 rings (SSSR count). The fourth-order valence-corrected chi connectivity index (χ4v) is 2.65. The minimum Gasteiger partial charge on any atom is -0.383 e. The van der Waals surface area contributed by atoms with Crippen molar-refractivity contribution in [1.29, 1.82) is 0 Å². The molecule has 0 radical (unpaired) electrons. The number of halogens is 1. The second kappa shape index (κ2) is 6.33. The van der Waals surface area contributed by atoms with E-state index in [2.05, 4.69) is 39.7 Å². The number of anilines is 1. The number of rotatable bonds is 4. The highest BCUT2D eigenvalue weighted by molar-refractivity contribution is 9.10. The van der Waals surface area contributed by atoms with Crippen molar-refractivity contribution in [3.05, 3.63) is 51.9 Å². The van der Waals surface area contributed by atoms with E-state index in [1.807, 2.05) is 30.3 Å². The minimum absolute atomic E-state index is 0.252. The van der Waals surface area contributed by atoms with Crippen molar-refractivity contribution in [1.82, 2.24) is 9.97 Å². The molecular formula is C15H18BrN3O. The Morgan fingerprint density at radius 3 is 2.35 bits per heavy atom. The molecule has 0 amide bonds. The summed E-state index contributed by atoms with van der Waals surface area (Å²) >= 11 is 3.45. The van der Waals surface area contributed by atoms with Gasteiger partial charge in [-0.05, 0) is 27.4 Å². The Labute approximate surface area is 127 Å². The van der Waals surface area contributed by atoms with Crippen molar-refractivity contribution >= 4 is 21.7 Å². The van der Waals surface area contributed by atoms with Gasteiger partial charge in [0.05, 0.1) is 10.2 Å². The summed E-state index contributed by atoms with van der Waals surface area (Å²) in [6, 6.07) is 9.88. The number of ether oxygens (including phenoxy) is 1. The molecule has 1 aromatic carbocycles. The standard InChI is InChI=1S/C15H18BrN3O/c1-9(2)12-11(16)14(17)19-15(18-12)13(20-3)10-7-5-4-6-8-10/h4-9,13H,1-3H3,(H2,17,18,19). The van der Waals surface area contributed by atoms with E-state index in [0.717, 1.165) is 15.7 Å². The largest absolute Gasteiger partial charge is 0.383 e. The van der Waals surface area contributed by atoms with Crippen LogP contribution in [0.5, 0.6) is 0 Å². The Morgan fingerprint density at radius 1 is 1.15 bits per heavy atom. The molecule has 0 aliphatic carbocycles. The molecule has 0 saturated carbocycles. The van der Waals surface area contributed by atoms with Gasteiger partial charge in [-0.2, -0.15) is 0 Å². The summed E-state index contributed by atoms with van der Waals surface area (Å²) in [5, 5.41) is 0. The van der Waals surface area contributed by atoms with Gasteiger partial charge in [0.25, 0.3) is 0 Å². The molecular weight excluding hydrogens is 318 g/mol. The normalized spacial score (nSPS) is 12.7. The summed E-state index contributed by atoms with van der Waals surface area (Å²) in [5.41, 5.74) is 7.88. The summed E-state index contributed by atoms with van der Waals surface area (Å²) in [6.07, 6.45) is -0.316. The Balaban J connectivity index is 2.51. The second-order valence-electron chi connectivity index (χ2n) is 4.85. The van der Waals surface area contributed by atoms with Gasteiger partial charge in [0.15, 0.2) is 5.82 Å². The first-order valence-electron chi connectivity index (χ1n) is 6.45. The Morgan fingerprint density at radius 2 is 1.80 bits per heavy atom. The van der Waals surface area contributed by atoms with Crippen molar-refractivity contribution in [2.24, 2.45) is 0 Å². The highest BCUT2D eigenvalue weighted by Crippen LogP contribution is 2.30. The summed E-state index contributed by atoms with van der Waals surface area (Å²) in [6.45, 7) is 4.14. The first-order valence-corrected chi connectivity index (χ1v) is 7.24. The summed E-state index contributed by atoms with van der Waals surface area (Å²) in [7, 11) is 1.65. The van der Waals surface area contributed by atoms with Crippen LogP contribution in [0.4, 0.5) is 5.82 Å². The molecule has 2 aromatic rings. The van der Waals surface area contributed by atoms with E-state index in [9.17, 15) is 0 Å². The van der Waals surface area contributed by atoms with Crippen LogP contribution in [0.1, 0.15) is 43.0 Å². The third-order valence-corrected chi connectivity index (χ3v) is 3.85. The first-order chi connectivity index (χ1) is 9.54. The van der Waals surface area contributed by atoms with Gasteiger partial charge in [0, 0.05) is 7.11 Å². The molecule has 0 aliphatic rings. The zero-order valence-corrected chi connectivity index (χ0v) is 13.4. The number of nitrogen functional groups attached to an aromatic ring is 1. The third-order valence-electron chi connectivity index (χ3n) is 3.04. The fourth-order valence-electron chi connectivity index (χ4n) is 2.02. The van der Waals surface area contributed by atoms with Gasteiger partial charge in [-0.25, -0.2) is 9.97 Å². The summed E-state index contributed by atoms with van der Waals surface area (Å²) < 4.78 is 6.32. The van der Waals surface area contributed by atoms with Gasteiger partial charge in [-0.3, -0.25) is 0 Å². The zero-order chi connectivity index (χ0) is 14.7. The SMILES string of the molecule is COC(c1ccccc1)c1nc(N)c(Br)c(C(C)C)n1. The lowest BCUT2D eigenvalue weighted by molar-refractivity contribution is 0.129. The fraction of sp³-hybridized carbons (Fsp3) is 0.333. The molecule has 1 atom stereocenters. The average molecular weight is 336 g/mol. The Kier molecular flexibility index (Phi) is 4.73. The van der Waals surface area contributed by atoms with E-state index in [1.165, 1.54) is 0 Å². The maximum atomic E-state index is 5.98. The topological polar surface area (TPSA) is 61.0 Å². The van der Waals surface area contributed by atoms with E-state index >= 15 is 0 Å². The number of nitrogens with two attached hydrogens (primary N) is 1. The summed E-state index contributed by atoms with van der Waals surface area (Å²) in [5.74, 6) is 1.28. The molecule has 4 nitrogen and oxygen atoms in total. The van der Waals surface area contributed by atoms with Crippen LogP contribution in [0, 0.1) is 0 Å². The van der Waals surface area contributed by atoms with Crippen LogP contribution in [0.3, 0.4) is 0 Å². The molecule has 0 saturated heterocycles. The smallest absolute Gasteiger partial charge is 0.164 e. The van der Waals surface area contributed by atoms with E-state index < -0.39 is 0 Å². The Hall–Kier alpha value is -1.46. The molecule has 106 valence electrons. The highest BCUT2D eigenvalue weighted by Gasteiger charge is 2.20. The molecule has 1 aromatic heterocycles. The molecule has 1 heterocycles. The van der Waals surface area contributed by atoms with E-state index in [1.54, 1.807) is 7.11 Å². The number of nitrogens with zero attached hydrogens (tertiary/aromatic N) is 2. The van der Waals surface area contributed by atoms with E-state index in [0.29, 0.717) is 11.6 Å². The van der Waals surface area contributed by atoms with Crippen molar-refractivity contribution in [3.8, 4) is 0 Å². The number of benzene rings is 1. The number of aromatic nitrogens is 2. The second-order valence-corrected chi connectivity index (χ2v) is 5.64. The van der Waals surface area contributed by atoms with Crippen LogP contribution >= 0.6 is 15.9 Å². The van der Waals surface area contributed by atoms with Crippen molar-refractivity contribution in [2.75, 3.05) is 12.8 Å². The van der Waals surface area contributed by atoms with E-state index in [-0.39, 0.29) is 12.0 Å². The number of hydrogen-bond donors (Lipinski definition) is 1. The van der Waals surface area contributed by atoms with Crippen molar-refractivity contribution in [3.63, 3.8) is 0 Å². The molecule has 0 spiro atoms. The number of hydrogen-bond acceptors (Lipinski definition) is 4. The maximum Gasteiger partial charge on any atom is 0.164 e. The zero-order valence-electron chi connectivity index (χ0n) is 11.8. The first kappa shape index (κ1) is 14.9. The monoisotopic (exact) mass is 335 g/mol. The lowest BCUT2D eigenvalue weighted by Gasteiger charge is -2.18. The number of methoxy groups -OCH3 is 1. The lowest BCUT2D eigenvalue weighted by Crippen LogP contribution is -2.13. The van der Waals surface area contributed by atoms with Crippen LogP contribution in [0.2, 0.25) is 0 Å². The maximum absolute atomic E-state index is 5.98. The van der Waals surface area contributed by atoms with Crippen LogP contribution < -0.4 is 5.73 Å². The van der Waals surface area contributed by atoms with Crippen molar-refractivity contribution in [2.45, 2.75) is 25.9 Å². The van der Waals surface area contributed by atoms with Gasteiger partial charge in [-0.15, -0.1) is 0 Å². The van der Waals surface area contributed by atoms with Crippen LogP contribution in [0.25, 0.3) is 0 Å². The molecule has 5 heteroatoms. The summed E-state index contributed by atoms with van der Waals surface area (Å²) in [4.78, 5) is 8.98. The molecule has 20 heavy (non-hydrogen) atoms. The minimum atomic E-state index is -0.316. The predicted octanol–water partition coefficient (Wildman–Crippen LogP) is 3.68. The average Bonchev–Trinajstić information content (AvgIpc) is 2.44. The van der Waals surface area contributed by atoms with Gasteiger partial charge in [0.2, 0.25) is 0 Å². The van der Waals surface area contributed by atoms with Gasteiger partial charge >= 0.3 is 0 Å². The Bertz CT molecular complexity index is 587. The van der Waals surface area contributed by atoms with Crippen LogP contribution in [-0.4, -0.2) is 17.1 Å². The quantitative estimate of drug-likeness (QED) is 0.925. The lowest BCUT2D eigenvalue weighted by atomic mass is 10.1. The third kappa shape index (κ3) is 2.99. The van der Waals surface area contributed by atoms with Gasteiger partial charge in [0.1, 0.15) is 11.9 Å². The van der Waals surface area contributed by atoms with Gasteiger partial charge in [-0.1, -0.05) is 44.2 Å². The highest BCUT2D eigenvalue weighted by atomic mass is 79.9. The molecule has 1 unspecified atom stereocenters. The van der Waals surface area contributed by atoms with Crippen LogP contribution in [0.15, 0.2) is 34.8 Å². The van der Waals surface area contributed by atoms with Crippen LogP contribution in [-0.2, 0) is 4.74 Å². The molecule has 0 fully saturated rings. The predicted molar refractivity (Wildman–Crippen MR) is 83.5 cm³/mol.